The van der Waals surface area contributed by atoms with Gasteiger partial charge in [-0.2, -0.15) is 0 Å². The number of likely N-dealkylation sites (N-methyl/N-ethyl adjacent to an activating group) is 1. The maximum atomic E-state index is 12.2. The Bertz CT molecular complexity index is 441. The Labute approximate surface area is 101 Å². The predicted molar refractivity (Wildman–Crippen MR) is 65.0 cm³/mol. The number of anilines is 1. The van der Waals surface area contributed by atoms with Gasteiger partial charge in [-0.15, -0.1) is 0 Å². The van der Waals surface area contributed by atoms with Crippen molar-refractivity contribution in [3.05, 3.63) is 29.8 Å². The molecular formula is C13H16N2O2. The molecule has 0 saturated carbocycles. The lowest BCUT2D eigenvalue weighted by molar-refractivity contribution is -0.119. The molecule has 4 heteroatoms. The van der Waals surface area contributed by atoms with E-state index in [1.165, 1.54) is 0 Å². The number of fused-ring (bicyclic) bond motifs is 1. The summed E-state index contributed by atoms with van der Waals surface area (Å²) in [6, 6.07) is 8.03. The van der Waals surface area contributed by atoms with Crippen molar-refractivity contribution in [1.29, 1.82) is 0 Å². The fraction of sp³-hybridized carbons (Fsp3) is 0.462. The number of benzene rings is 1. The Balaban J connectivity index is 1.86. The molecule has 0 radical (unpaired) electrons. The van der Waals surface area contributed by atoms with E-state index >= 15 is 0 Å². The minimum atomic E-state index is -0.206. The SMILES string of the molecule is CN1C(=O)C(N[C@H]2CCOC2)c2ccccc21. The Morgan fingerprint density at radius 1 is 1.41 bits per heavy atom. The zero-order chi connectivity index (χ0) is 11.8. The summed E-state index contributed by atoms with van der Waals surface area (Å²) in [6.45, 7) is 1.49. The quantitative estimate of drug-likeness (QED) is 0.829. The van der Waals surface area contributed by atoms with E-state index in [0.717, 1.165) is 24.3 Å². The maximum absolute atomic E-state index is 12.2. The molecule has 1 aromatic rings. The van der Waals surface area contributed by atoms with E-state index in [-0.39, 0.29) is 11.9 Å². The highest BCUT2D eigenvalue weighted by Crippen LogP contribution is 2.34. The van der Waals surface area contributed by atoms with E-state index in [1.807, 2.05) is 31.3 Å². The molecule has 3 rings (SSSR count). The highest BCUT2D eigenvalue weighted by atomic mass is 16.5. The first-order chi connectivity index (χ1) is 8.27. The standard InChI is InChI=1S/C13H16N2O2/c1-15-11-5-3-2-4-10(11)12(13(15)16)14-9-6-7-17-8-9/h2-5,9,12,14H,6-8H2,1H3/t9-,12?/m0/s1. The van der Waals surface area contributed by atoms with Gasteiger partial charge in [0.05, 0.1) is 6.61 Å². The van der Waals surface area contributed by atoms with Crippen LogP contribution in [-0.4, -0.2) is 32.2 Å². The van der Waals surface area contributed by atoms with Crippen molar-refractivity contribution < 1.29 is 9.53 Å². The molecule has 4 nitrogen and oxygen atoms in total. The predicted octanol–water partition coefficient (Wildman–Crippen LogP) is 1.08. The lowest BCUT2D eigenvalue weighted by Gasteiger charge is -2.17. The molecule has 0 aromatic heterocycles. The molecule has 2 heterocycles. The highest BCUT2D eigenvalue weighted by Gasteiger charge is 2.36. The number of amides is 1. The second kappa shape index (κ2) is 4.13. The number of para-hydroxylation sites is 1. The van der Waals surface area contributed by atoms with Crippen LogP contribution in [-0.2, 0) is 9.53 Å². The molecule has 17 heavy (non-hydrogen) atoms. The van der Waals surface area contributed by atoms with Crippen LogP contribution in [0, 0.1) is 0 Å². The van der Waals surface area contributed by atoms with Crippen molar-refractivity contribution >= 4 is 11.6 Å². The first kappa shape index (κ1) is 10.7. The fourth-order valence-electron chi connectivity index (χ4n) is 2.55. The van der Waals surface area contributed by atoms with Crippen LogP contribution in [0.2, 0.25) is 0 Å². The van der Waals surface area contributed by atoms with E-state index in [0.29, 0.717) is 12.6 Å². The molecule has 0 aliphatic carbocycles. The Kier molecular flexibility index (Phi) is 2.61. The summed E-state index contributed by atoms with van der Waals surface area (Å²) in [7, 11) is 1.83. The topological polar surface area (TPSA) is 41.6 Å². The van der Waals surface area contributed by atoms with E-state index in [1.54, 1.807) is 4.90 Å². The van der Waals surface area contributed by atoms with Gasteiger partial charge >= 0.3 is 0 Å². The van der Waals surface area contributed by atoms with Gasteiger partial charge in [-0.05, 0) is 12.5 Å². The molecule has 1 unspecified atom stereocenters. The summed E-state index contributed by atoms with van der Waals surface area (Å²) in [5.74, 6) is 0.123. The van der Waals surface area contributed by atoms with Gasteiger partial charge in [-0.3, -0.25) is 10.1 Å². The number of ether oxygens (including phenoxy) is 1. The van der Waals surface area contributed by atoms with E-state index in [9.17, 15) is 4.79 Å². The van der Waals surface area contributed by atoms with Crippen LogP contribution in [0.5, 0.6) is 0 Å². The van der Waals surface area contributed by atoms with Gasteiger partial charge in [-0.25, -0.2) is 0 Å². The van der Waals surface area contributed by atoms with Gasteiger partial charge in [-0.1, -0.05) is 18.2 Å². The molecule has 0 spiro atoms. The Hall–Kier alpha value is -1.39. The fourth-order valence-corrected chi connectivity index (χ4v) is 2.55. The third-order valence-electron chi connectivity index (χ3n) is 3.52. The number of nitrogens with one attached hydrogen (secondary N) is 1. The smallest absolute Gasteiger partial charge is 0.248 e. The molecule has 0 bridgehead atoms. The number of nitrogens with zero attached hydrogens (tertiary/aromatic N) is 1. The van der Waals surface area contributed by atoms with Gasteiger partial charge < -0.3 is 9.64 Å². The van der Waals surface area contributed by atoms with Crippen LogP contribution in [0.3, 0.4) is 0 Å². The monoisotopic (exact) mass is 232 g/mol. The number of hydrogen-bond acceptors (Lipinski definition) is 3. The van der Waals surface area contributed by atoms with Crippen molar-refractivity contribution in [1.82, 2.24) is 5.32 Å². The molecule has 1 fully saturated rings. The third-order valence-corrected chi connectivity index (χ3v) is 3.52. The van der Waals surface area contributed by atoms with E-state index in [4.69, 9.17) is 4.74 Å². The second-order valence-electron chi connectivity index (χ2n) is 4.62. The summed E-state index contributed by atoms with van der Waals surface area (Å²) in [5, 5.41) is 3.40. The van der Waals surface area contributed by atoms with Gasteiger partial charge in [0.1, 0.15) is 6.04 Å². The largest absolute Gasteiger partial charge is 0.380 e. The first-order valence-electron chi connectivity index (χ1n) is 5.97. The average Bonchev–Trinajstić information content (AvgIpc) is 2.94. The number of rotatable bonds is 2. The minimum absolute atomic E-state index is 0.123. The van der Waals surface area contributed by atoms with E-state index < -0.39 is 0 Å². The molecule has 1 saturated heterocycles. The Morgan fingerprint density at radius 2 is 2.24 bits per heavy atom. The van der Waals surface area contributed by atoms with Gasteiger partial charge in [0.15, 0.2) is 0 Å². The minimum Gasteiger partial charge on any atom is -0.380 e. The molecule has 1 amide bonds. The van der Waals surface area contributed by atoms with Crippen LogP contribution in [0.4, 0.5) is 5.69 Å². The van der Waals surface area contributed by atoms with Crippen molar-refractivity contribution in [2.75, 3.05) is 25.2 Å². The van der Waals surface area contributed by atoms with Gasteiger partial charge in [0.25, 0.3) is 0 Å². The number of hydrogen-bond donors (Lipinski definition) is 1. The van der Waals surface area contributed by atoms with Gasteiger partial charge in [0, 0.05) is 30.9 Å². The molecular weight excluding hydrogens is 216 g/mol. The second-order valence-corrected chi connectivity index (χ2v) is 4.62. The molecule has 1 N–H and O–H groups in total. The van der Waals surface area contributed by atoms with Crippen molar-refractivity contribution in [3.8, 4) is 0 Å². The zero-order valence-corrected chi connectivity index (χ0v) is 9.85. The molecule has 90 valence electrons. The van der Waals surface area contributed by atoms with Crippen LogP contribution in [0.1, 0.15) is 18.0 Å². The van der Waals surface area contributed by atoms with Crippen LogP contribution >= 0.6 is 0 Å². The Morgan fingerprint density at radius 3 is 3.00 bits per heavy atom. The maximum Gasteiger partial charge on any atom is 0.248 e. The van der Waals surface area contributed by atoms with Crippen LogP contribution in [0.25, 0.3) is 0 Å². The normalized spacial score (nSPS) is 27.6. The third kappa shape index (κ3) is 1.73. The highest BCUT2D eigenvalue weighted by molar-refractivity contribution is 6.04. The number of carbonyl (C=O) groups is 1. The molecule has 2 atom stereocenters. The summed E-state index contributed by atoms with van der Waals surface area (Å²) in [6.07, 6.45) is 0.982. The summed E-state index contributed by atoms with van der Waals surface area (Å²) in [5.41, 5.74) is 2.08. The lowest BCUT2D eigenvalue weighted by atomic mass is 10.1. The van der Waals surface area contributed by atoms with Crippen molar-refractivity contribution in [2.24, 2.45) is 0 Å². The van der Waals surface area contributed by atoms with Crippen LogP contribution in [0.15, 0.2) is 24.3 Å². The molecule has 2 aliphatic rings. The lowest BCUT2D eigenvalue weighted by Crippen LogP contribution is -2.38. The number of carbonyl (C=O) groups excluding carboxylic acids is 1. The summed E-state index contributed by atoms with van der Waals surface area (Å²) in [4.78, 5) is 13.9. The summed E-state index contributed by atoms with van der Waals surface area (Å²) < 4.78 is 5.33. The van der Waals surface area contributed by atoms with Crippen molar-refractivity contribution in [3.63, 3.8) is 0 Å². The van der Waals surface area contributed by atoms with Crippen LogP contribution < -0.4 is 10.2 Å². The van der Waals surface area contributed by atoms with Crippen molar-refractivity contribution in [2.45, 2.75) is 18.5 Å². The van der Waals surface area contributed by atoms with E-state index in [2.05, 4.69) is 5.32 Å². The first-order valence-corrected chi connectivity index (χ1v) is 5.97. The molecule has 1 aromatic carbocycles. The zero-order valence-electron chi connectivity index (χ0n) is 9.85. The molecule has 2 aliphatic heterocycles. The summed E-state index contributed by atoms with van der Waals surface area (Å²) >= 11 is 0. The average molecular weight is 232 g/mol. The van der Waals surface area contributed by atoms with Gasteiger partial charge in [0.2, 0.25) is 5.91 Å².